The summed E-state index contributed by atoms with van der Waals surface area (Å²) in [5.74, 6) is 0. The lowest BCUT2D eigenvalue weighted by molar-refractivity contribution is -0.112. The van der Waals surface area contributed by atoms with Crippen LogP contribution in [0.4, 0.5) is 0 Å². The maximum atomic E-state index is 10.8. The third-order valence-corrected chi connectivity index (χ3v) is 2.54. The van der Waals surface area contributed by atoms with Crippen molar-refractivity contribution in [2.24, 2.45) is 5.73 Å². The number of aryl methyl sites for hydroxylation is 1. The van der Waals surface area contributed by atoms with Gasteiger partial charge in [0.15, 0.2) is 0 Å². The Labute approximate surface area is 71.4 Å². The van der Waals surface area contributed by atoms with Crippen molar-refractivity contribution < 1.29 is 4.79 Å². The molecule has 1 aromatic carbocycles. The topological polar surface area (TPSA) is 43.1 Å². The Hall–Kier alpha value is -1.15. The van der Waals surface area contributed by atoms with Gasteiger partial charge >= 0.3 is 0 Å². The number of fused-ring (bicyclic) bond motifs is 1. The van der Waals surface area contributed by atoms with E-state index in [-0.39, 0.29) is 0 Å². The van der Waals surface area contributed by atoms with Gasteiger partial charge in [0.2, 0.25) is 0 Å². The molecule has 0 amide bonds. The Balaban J connectivity index is 2.56. The van der Waals surface area contributed by atoms with Crippen molar-refractivity contribution in [3.63, 3.8) is 0 Å². The highest BCUT2D eigenvalue weighted by molar-refractivity contribution is 5.70. The second-order valence-corrected chi connectivity index (χ2v) is 3.32. The number of nitrogens with two attached hydrogens (primary N) is 1. The summed E-state index contributed by atoms with van der Waals surface area (Å²) in [6.07, 6.45) is 2.53. The Morgan fingerprint density at radius 2 is 2.17 bits per heavy atom. The second kappa shape index (κ2) is 2.42. The Morgan fingerprint density at radius 1 is 1.42 bits per heavy atom. The average molecular weight is 161 g/mol. The van der Waals surface area contributed by atoms with Gasteiger partial charge in [0.25, 0.3) is 0 Å². The number of benzene rings is 1. The van der Waals surface area contributed by atoms with Gasteiger partial charge in [-0.2, -0.15) is 0 Å². The fourth-order valence-electron chi connectivity index (χ4n) is 1.79. The minimum atomic E-state index is -0.712. The zero-order valence-corrected chi connectivity index (χ0v) is 6.79. The van der Waals surface area contributed by atoms with Gasteiger partial charge in [-0.05, 0) is 24.0 Å². The number of hydrogen-bond acceptors (Lipinski definition) is 2. The monoisotopic (exact) mass is 161 g/mol. The molecule has 1 aliphatic rings. The molecule has 0 heterocycles. The first kappa shape index (κ1) is 7.50. The lowest BCUT2D eigenvalue weighted by Gasteiger charge is -2.16. The van der Waals surface area contributed by atoms with Gasteiger partial charge in [0, 0.05) is 0 Å². The number of carbonyl (C=O) groups is 1. The van der Waals surface area contributed by atoms with Crippen molar-refractivity contribution in [2.45, 2.75) is 18.4 Å². The van der Waals surface area contributed by atoms with Crippen molar-refractivity contribution in [2.75, 3.05) is 0 Å². The van der Waals surface area contributed by atoms with E-state index >= 15 is 0 Å². The van der Waals surface area contributed by atoms with E-state index in [2.05, 4.69) is 0 Å². The molecule has 2 nitrogen and oxygen atoms in total. The minimum absolute atomic E-state index is 0.712. The van der Waals surface area contributed by atoms with Crippen LogP contribution in [-0.2, 0) is 16.8 Å². The van der Waals surface area contributed by atoms with E-state index in [9.17, 15) is 4.79 Å². The summed E-state index contributed by atoms with van der Waals surface area (Å²) >= 11 is 0. The summed E-state index contributed by atoms with van der Waals surface area (Å²) in [6.45, 7) is 0. The summed E-state index contributed by atoms with van der Waals surface area (Å²) in [4.78, 5) is 10.8. The smallest absolute Gasteiger partial charge is 0.144 e. The van der Waals surface area contributed by atoms with Crippen LogP contribution in [0.25, 0.3) is 0 Å². The van der Waals surface area contributed by atoms with Gasteiger partial charge < -0.3 is 10.5 Å². The minimum Gasteiger partial charge on any atom is -0.315 e. The standard InChI is InChI=1S/C10H11NO/c11-10(7-12)6-5-8-3-1-2-4-9(8)10/h1-4,7H,5-6,11H2/t10-/m0/s1. The van der Waals surface area contributed by atoms with Crippen LogP contribution in [0, 0.1) is 0 Å². The van der Waals surface area contributed by atoms with Crippen LogP contribution in [0.2, 0.25) is 0 Å². The van der Waals surface area contributed by atoms with Gasteiger partial charge in [0.1, 0.15) is 6.29 Å². The lowest BCUT2D eigenvalue weighted by Crippen LogP contribution is -2.35. The molecule has 1 aliphatic carbocycles. The SMILES string of the molecule is N[C@]1(C=O)CCc2ccccc21. The van der Waals surface area contributed by atoms with Crippen LogP contribution >= 0.6 is 0 Å². The molecule has 0 radical (unpaired) electrons. The predicted octanol–water partition coefficient (Wildman–Crippen LogP) is 0.986. The van der Waals surface area contributed by atoms with E-state index in [1.54, 1.807) is 0 Å². The largest absolute Gasteiger partial charge is 0.315 e. The fraction of sp³-hybridized carbons (Fsp3) is 0.300. The Kier molecular flexibility index (Phi) is 1.51. The molecule has 1 aromatic rings. The number of carbonyl (C=O) groups excluding carboxylic acids is 1. The predicted molar refractivity (Wildman–Crippen MR) is 46.7 cm³/mol. The summed E-state index contributed by atoms with van der Waals surface area (Å²) in [7, 11) is 0. The van der Waals surface area contributed by atoms with Gasteiger partial charge in [-0.1, -0.05) is 24.3 Å². The van der Waals surface area contributed by atoms with Crippen molar-refractivity contribution in [3.8, 4) is 0 Å². The molecule has 2 heteroatoms. The molecule has 0 unspecified atom stereocenters. The highest BCUT2D eigenvalue weighted by atomic mass is 16.1. The third-order valence-electron chi connectivity index (χ3n) is 2.54. The molecule has 2 N–H and O–H groups in total. The maximum Gasteiger partial charge on any atom is 0.144 e. The van der Waals surface area contributed by atoms with Crippen molar-refractivity contribution in [1.29, 1.82) is 0 Å². The highest BCUT2D eigenvalue weighted by Crippen LogP contribution is 2.32. The second-order valence-electron chi connectivity index (χ2n) is 3.32. The molecule has 0 bridgehead atoms. The van der Waals surface area contributed by atoms with Crippen molar-refractivity contribution >= 4 is 6.29 Å². The molecule has 0 aromatic heterocycles. The zero-order valence-electron chi connectivity index (χ0n) is 6.79. The van der Waals surface area contributed by atoms with Crippen molar-refractivity contribution in [1.82, 2.24) is 0 Å². The van der Waals surface area contributed by atoms with Gasteiger partial charge in [-0.25, -0.2) is 0 Å². The van der Waals surface area contributed by atoms with Crippen LogP contribution in [0.1, 0.15) is 17.5 Å². The normalized spacial score (nSPS) is 26.8. The van der Waals surface area contributed by atoms with Crippen LogP contribution in [0.15, 0.2) is 24.3 Å². The fourth-order valence-corrected chi connectivity index (χ4v) is 1.79. The molecule has 2 rings (SSSR count). The van der Waals surface area contributed by atoms with Gasteiger partial charge in [-0.3, -0.25) is 0 Å². The van der Waals surface area contributed by atoms with Gasteiger partial charge in [-0.15, -0.1) is 0 Å². The van der Waals surface area contributed by atoms with E-state index in [0.29, 0.717) is 0 Å². The first-order chi connectivity index (χ1) is 5.76. The van der Waals surface area contributed by atoms with Crippen molar-refractivity contribution in [3.05, 3.63) is 35.4 Å². The molecule has 0 saturated carbocycles. The Morgan fingerprint density at radius 3 is 2.92 bits per heavy atom. The summed E-state index contributed by atoms with van der Waals surface area (Å²) in [6, 6.07) is 7.88. The summed E-state index contributed by atoms with van der Waals surface area (Å²) in [5.41, 5.74) is 7.41. The maximum absolute atomic E-state index is 10.8. The quantitative estimate of drug-likeness (QED) is 0.624. The van der Waals surface area contributed by atoms with E-state index in [1.807, 2.05) is 24.3 Å². The van der Waals surface area contributed by atoms with Crippen LogP contribution in [0.5, 0.6) is 0 Å². The zero-order chi connectivity index (χ0) is 8.60. The van der Waals surface area contributed by atoms with Gasteiger partial charge in [0.05, 0.1) is 5.54 Å². The van der Waals surface area contributed by atoms with E-state index in [0.717, 1.165) is 24.7 Å². The highest BCUT2D eigenvalue weighted by Gasteiger charge is 2.33. The molecular formula is C10H11NO. The molecule has 0 spiro atoms. The molecule has 0 aliphatic heterocycles. The van der Waals surface area contributed by atoms with Crippen LogP contribution in [0.3, 0.4) is 0 Å². The van der Waals surface area contributed by atoms with E-state index < -0.39 is 5.54 Å². The van der Waals surface area contributed by atoms with E-state index in [1.165, 1.54) is 5.56 Å². The number of hydrogen-bond donors (Lipinski definition) is 1. The van der Waals surface area contributed by atoms with Crippen LogP contribution in [-0.4, -0.2) is 6.29 Å². The first-order valence-electron chi connectivity index (χ1n) is 4.10. The molecule has 1 atom stereocenters. The number of rotatable bonds is 1. The first-order valence-corrected chi connectivity index (χ1v) is 4.10. The third kappa shape index (κ3) is 0.883. The molecular weight excluding hydrogens is 150 g/mol. The number of aldehydes is 1. The lowest BCUT2D eigenvalue weighted by atomic mass is 9.95. The van der Waals surface area contributed by atoms with E-state index in [4.69, 9.17) is 5.73 Å². The Bertz CT molecular complexity index is 321. The average Bonchev–Trinajstić information content (AvgIpc) is 2.46. The molecule has 0 saturated heterocycles. The van der Waals surface area contributed by atoms with Crippen LogP contribution < -0.4 is 5.73 Å². The molecule has 12 heavy (non-hydrogen) atoms. The summed E-state index contributed by atoms with van der Waals surface area (Å²) < 4.78 is 0. The molecule has 0 fully saturated rings. The molecule has 62 valence electrons. The summed E-state index contributed by atoms with van der Waals surface area (Å²) in [5, 5.41) is 0.